The van der Waals surface area contributed by atoms with Gasteiger partial charge in [-0.3, -0.25) is 0 Å². The molecule has 8 rings (SSSR count). The molecular formula is C48H43N2. The summed E-state index contributed by atoms with van der Waals surface area (Å²) in [4.78, 5) is 4.91. The number of hydrogen-bond acceptors (Lipinski definition) is 2. The molecule has 2 aliphatic rings. The molecule has 6 aromatic carbocycles. The molecule has 0 aliphatic heterocycles. The fourth-order valence-electron chi connectivity index (χ4n) is 7.75. The van der Waals surface area contributed by atoms with Crippen molar-refractivity contribution in [3.05, 3.63) is 200 Å². The topological polar surface area (TPSA) is 6.48 Å². The first-order valence-electron chi connectivity index (χ1n) is 18.0. The van der Waals surface area contributed by atoms with E-state index in [1.165, 1.54) is 81.9 Å². The summed E-state index contributed by atoms with van der Waals surface area (Å²) in [6.07, 6.45) is 14.4. The van der Waals surface area contributed by atoms with Crippen molar-refractivity contribution in [2.24, 2.45) is 0 Å². The van der Waals surface area contributed by atoms with Crippen LogP contribution < -0.4 is 9.80 Å². The zero-order valence-corrected chi connectivity index (χ0v) is 28.5. The Morgan fingerprint density at radius 3 is 1.32 bits per heavy atom. The van der Waals surface area contributed by atoms with Crippen molar-refractivity contribution >= 4 is 22.7 Å². The molecule has 0 saturated heterocycles. The molecule has 245 valence electrons. The van der Waals surface area contributed by atoms with E-state index in [9.17, 15) is 0 Å². The van der Waals surface area contributed by atoms with E-state index in [-0.39, 0.29) is 0 Å². The minimum Gasteiger partial charge on any atom is -0.338 e. The fraction of sp³-hybridized carbons (Fsp3) is 0.146. The molecule has 0 unspecified atom stereocenters. The number of benzene rings is 6. The lowest BCUT2D eigenvalue weighted by atomic mass is 9.80. The Morgan fingerprint density at radius 1 is 0.400 bits per heavy atom. The minimum atomic E-state index is 0.512. The van der Waals surface area contributed by atoms with Crippen molar-refractivity contribution in [1.29, 1.82) is 0 Å². The van der Waals surface area contributed by atoms with Gasteiger partial charge in [0.1, 0.15) is 0 Å². The van der Waals surface area contributed by atoms with Gasteiger partial charge in [0.25, 0.3) is 0 Å². The van der Waals surface area contributed by atoms with Gasteiger partial charge in [0.15, 0.2) is 0 Å². The second-order valence-corrected chi connectivity index (χ2v) is 13.4. The smallest absolute Gasteiger partial charge is 0.0458 e. The Balaban J connectivity index is 0.929. The van der Waals surface area contributed by atoms with Crippen LogP contribution in [-0.4, -0.2) is 6.04 Å². The first kappa shape index (κ1) is 31.7. The molecular weight excluding hydrogens is 605 g/mol. The van der Waals surface area contributed by atoms with Gasteiger partial charge in [-0.1, -0.05) is 127 Å². The molecule has 2 heteroatoms. The second-order valence-electron chi connectivity index (χ2n) is 13.4. The van der Waals surface area contributed by atoms with Gasteiger partial charge in [0.2, 0.25) is 0 Å². The first-order chi connectivity index (χ1) is 24.8. The highest BCUT2D eigenvalue weighted by Crippen LogP contribution is 2.40. The number of para-hydroxylation sites is 3. The molecule has 50 heavy (non-hydrogen) atoms. The van der Waals surface area contributed by atoms with E-state index >= 15 is 0 Å². The van der Waals surface area contributed by atoms with Crippen molar-refractivity contribution in [3.63, 3.8) is 0 Å². The lowest BCUT2D eigenvalue weighted by Crippen LogP contribution is -2.34. The summed E-state index contributed by atoms with van der Waals surface area (Å²) < 4.78 is 0. The molecule has 1 radical (unpaired) electrons. The third kappa shape index (κ3) is 6.93. The van der Waals surface area contributed by atoms with E-state index in [0.29, 0.717) is 12.0 Å². The number of nitrogens with zero attached hydrogens (tertiary/aromatic N) is 2. The molecule has 0 spiro atoms. The van der Waals surface area contributed by atoms with Crippen LogP contribution in [0.4, 0.5) is 22.7 Å². The third-order valence-electron chi connectivity index (χ3n) is 10.4. The van der Waals surface area contributed by atoms with Crippen molar-refractivity contribution in [3.8, 4) is 22.3 Å². The van der Waals surface area contributed by atoms with Gasteiger partial charge in [0, 0.05) is 34.5 Å². The average molecular weight is 648 g/mol. The summed E-state index contributed by atoms with van der Waals surface area (Å²) in [7, 11) is 0. The van der Waals surface area contributed by atoms with Gasteiger partial charge in [-0.15, -0.1) is 0 Å². The van der Waals surface area contributed by atoms with Crippen LogP contribution in [0.3, 0.4) is 0 Å². The van der Waals surface area contributed by atoms with Gasteiger partial charge in [0.05, 0.1) is 0 Å². The summed E-state index contributed by atoms with van der Waals surface area (Å²) in [6, 6.07) is 60.3. The molecule has 0 heterocycles. The van der Waals surface area contributed by atoms with Gasteiger partial charge in [-0.25, -0.2) is 0 Å². The lowest BCUT2D eigenvalue weighted by molar-refractivity contribution is 0.392. The van der Waals surface area contributed by atoms with Crippen molar-refractivity contribution in [2.75, 3.05) is 9.80 Å². The maximum absolute atomic E-state index is 2.56. The van der Waals surface area contributed by atoms with Crippen LogP contribution in [0.25, 0.3) is 22.3 Å². The molecule has 6 aromatic rings. The average Bonchev–Trinajstić information content (AvgIpc) is 3.21. The molecule has 2 nitrogen and oxygen atoms in total. The van der Waals surface area contributed by atoms with Crippen molar-refractivity contribution in [1.82, 2.24) is 0 Å². The second kappa shape index (κ2) is 14.9. The number of anilines is 4. The zero-order valence-electron chi connectivity index (χ0n) is 28.5. The molecule has 1 saturated carbocycles. The minimum absolute atomic E-state index is 0.512. The van der Waals surface area contributed by atoms with E-state index in [0.717, 1.165) is 6.42 Å². The van der Waals surface area contributed by atoms with Crippen LogP contribution in [0.5, 0.6) is 0 Å². The lowest BCUT2D eigenvalue weighted by Gasteiger charge is -2.38. The number of hydrogen-bond donors (Lipinski definition) is 0. The molecule has 0 N–H and O–H groups in total. The van der Waals surface area contributed by atoms with E-state index in [1.807, 2.05) is 0 Å². The van der Waals surface area contributed by atoms with Gasteiger partial charge < -0.3 is 9.80 Å². The Kier molecular flexibility index (Phi) is 9.42. The molecule has 1 fully saturated rings. The summed E-state index contributed by atoms with van der Waals surface area (Å²) in [5.41, 5.74) is 12.6. The van der Waals surface area contributed by atoms with Crippen LogP contribution >= 0.6 is 0 Å². The zero-order chi connectivity index (χ0) is 33.5. The van der Waals surface area contributed by atoms with Gasteiger partial charge in [-0.2, -0.15) is 0 Å². The summed E-state index contributed by atoms with van der Waals surface area (Å²) in [6.45, 7) is 0. The van der Waals surface area contributed by atoms with E-state index in [2.05, 4.69) is 198 Å². The first-order valence-corrected chi connectivity index (χ1v) is 18.0. The van der Waals surface area contributed by atoms with Crippen molar-refractivity contribution < 1.29 is 0 Å². The van der Waals surface area contributed by atoms with E-state index < -0.39 is 0 Å². The van der Waals surface area contributed by atoms with Gasteiger partial charge in [-0.05, 0) is 127 Å². The monoisotopic (exact) mass is 647 g/mol. The normalized spacial score (nSPS) is 17.2. The molecule has 0 bridgehead atoms. The fourth-order valence-corrected chi connectivity index (χ4v) is 7.75. The van der Waals surface area contributed by atoms with Crippen molar-refractivity contribution in [2.45, 2.75) is 44.1 Å². The van der Waals surface area contributed by atoms with Gasteiger partial charge >= 0.3 is 0 Å². The molecule has 0 amide bonds. The SMILES string of the molecule is [CH]1C=CC=C(N(c2ccccc2)c2ccc(-c3ccc(-c4ccc(C5CCC(N(c6ccccc6)c6ccccc6)CC5)cc4)cc3)cc2)C1. The number of rotatable bonds is 9. The van der Waals surface area contributed by atoms with Crippen LogP contribution in [-0.2, 0) is 0 Å². The quantitative estimate of drug-likeness (QED) is 0.154. The van der Waals surface area contributed by atoms with Crippen LogP contribution in [0.1, 0.15) is 43.6 Å². The largest absolute Gasteiger partial charge is 0.338 e. The Hall–Kier alpha value is -5.60. The summed E-state index contributed by atoms with van der Waals surface area (Å²) >= 11 is 0. The Morgan fingerprint density at radius 2 is 0.840 bits per heavy atom. The van der Waals surface area contributed by atoms with E-state index in [1.54, 1.807) is 0 Å². The Labute approximate surface area is 297 Å². The Bertz CT molecular complexity index is 1980. The highest BCUT2D eigenvalue weighted by Gasteiger charge is 2.28. The maximum atomic E-state index is 2.56. The summed E-state index contributed by atoms with van der Waals surface area (Å²) in [5.74, 6) is 0.612. The summed E-state index contributed by atoms with van der Waals surface area (Å²) in [5, 5.41) is 0. The highest BCUT2D eigenvalue weighted by atomic mass is 15.2. The third-order valence-corrected chi connectivity index (χ3v) is 10.4. The standard InChI is InChI=1S/C48H43N2/c1-5-13-43(14-6-1)49(44-15-7-2-8-16-44)47-33-29-41(30-34-47)39-25-21-37(22-26-39)38-23-27-40(28-24-38)42-31-35-48(36-32-42)50(45-17-9-3-10-18-45)46-19-11-4-12-20-46/h1-19,21-28,31-32,35-36,41,47H,20,29-30,33-34H2. The van der Waals surface area contributed by atoms with Crippen LogP contribution in [0, 0.1) is 6.42 Å². The predicted octanol–water partition coefficient (Wildman–Crippen LogP) is 13.1. The molecule has 0 atom stereocenters. The number of allylic oxidation sites excluding steroid dienone is 4. The maximum Gasteiger partial charge on any atom is 0.0458 e. The predicted molar refractivity (Wildman–Crippen MR) is 212 cm³/mol. The highest BCUT2D eigenvalue weighted by molar-refractivity contribution is 5.75. The van der Waals surface area contributed by atoms with Crippen LogP contribution in [0.2, 0.25) is 0 Å². The van der Waals surface area contributed by atoms with Crippen LogP contribution in [0.15, 0.2) is 188 Å². The molecule has 2 aliphatic carbocycles. The van der Waals surface area contributed by atoms with E-state index in [4.69, 9.17) is 0 Å². The molecule has 0 aromatic heterocycles.